The number of piperazine rings is 1. The van der Waals surface area contributed by atoms with Gasteiger partial charge in [-0.25, -0.2) is 4.39 Å². The van der Waals surface area contributed by atoms with Crippen LogP contribution in [-0.2, 0) is 4.79 Å². The lowest BCUT2D eigenvalue weighted by Crippen LogP contribution is -2.49. The maximum absolute atomic E-state index is 13.1. The van der Waals surface area contributed by atoms with Crippen LogP contribution in [0.2, 0.25) is 0 Å². The lowest BCUT2D eigenvalue weighted by molar-refractivity contribution is -0.134. The SMILES string of the molecule is CC(c1nc(-c2ccccc2)no1)N1CCN(C(=O)C2CC2c2ccc(F)cc2)CC1. The minimum absolute atomic E-state index is 0.00453. The predicted octanol–water partition coefficient (Wildman–Crippen LogP) is 3.88. The molecule has 1 aliphatic heterocycles. The van der Waals surface area contributed by atoms with E-state index in [0.29, 0.717) is 24.8 Å². The predicted molar refractivity (Wildman–Crippen MR) is 114 cm³/mol. The second kappa shape index (κ2) is 8.23. The third kappa shape index (κ3) is 4.10. The number of carbonyl (C=O) groups excluding carboxylic acids is 1. The second-order valence-corrected chi connectivity index (χ2v) is 8.36. The van der Waals surface area contributed by atoms with Gasteiger partial charge in [-0.2, -0.15) is 4.98 Å². The molecular formula is C24H25FN4O2. The second-order valence-electron chi connectivity index (χ2n) is 8.36. The van der Waals surface area contributed by atoms with Gasteiger partial charge in [0.05, 0.1) is 6.04 Å². The van der Waals surface area contributed by atoms with Crippen LogP contribution in [0.5, 0.6) is 0 Å². The molecule has 3 atom stereocenters. The van der Waals surface area contributed by atoms with Crippen molar-refractivity contribution in [3.05, 3.63) is 71.9 Å². The first-order valence-corrected chi connectivity index (χ1v) is 10.8. The van der Waals surface area contributed by atoms with Crippen molar-refractivity contribution in [2.24, 2.45) is 5.92 Å². The van der Waals surface area contributed by atoms with Gasteiger partial charge < -0.3 is 9.42 Å². The summed E-state index contributed by atoms with van der Waals surface area (Å²) in [6.07, 6.45) is 0.853. The van der Waals surface area contributed by atoms with Crippen LogP contribution >= 0.6 is 0 Å². The molecule has 160 valence electrons. The molecule has 7 heteroatoms. The van der Waals surface area contributed by atoms with Gasteiger partial charge >= 0.3 is 0 Å². The quantitative estimate of drug-likeness (QED) is 0.627. The van der Waals surface area contributed by atoms with Crippen LogP contribution in [0, 0.1) is 11.7 Å². The number of amides is 1. The minimum atomic E-state index is -0.241. The van der Waals surface area contributed by atoms with Gasteiger partial charge in [0.15, 0.2) is 0 Å². The number of hydrogen-bond acceptors (Lipinski definition) is 5. The lowest BCUT2D eigenvalue weighted by atomic mass is 10.1. The Morgan fingerprint density at radius 2 is 1.77 bits per heavy atom. The summed E-state index contributed by atoms with van der Waals surface area (Å²) < 4.78 is 18.7. The summed E-state index contributed by atoms with van der Waals surface area (Å²) in [6.45, 7) is 4.98. The molecule has 2 aliphatic rings. The Labute approximate surface area is 180 Å². The summed E-state index contributed by atoms with van der Waals surface area (Å²) >= 11 is 0. The molecule has 1 aromatic heterocycles. The Hall–Kier alpha value is -3.06. The molecule has 2 fully saturated rings. The molecule has 0 N–H and O–H groups in total. The van der Waals surface area contributed by atoms with Gasteiger partial charge in [-0.15, -0.1) is 0 Å². The number of aromatic nitrogens is 2. The smallest absolute Gasteiger partial charge is 0.244 e. The third-order valence-electron chi connectivity index (χ3n) is 6.41. The average molecular weight is 420 g/mol. The van der Waals surface area contributed by atoms with E-state index in [0.717, 1.165) is 30.6 Å². The Morgan fingerprint density at radius 3 is 2.48 bits per heavy atom. The zero-order valence-corrected chi connectivity index (χ0v) is 17.4. The van der Waals surface area contributed by atoms with Crippen molar-refractivity contribution in [3.8, 4) is 11.4 Å². The Bertz CT molecular complexity index is 1040. The van der Waals surface area contributed by atoms with Crippen molar-refractivity contribution in [3.63, 3.8) is 0 Å². The van der Waals surface area contributed by atoms with Gasteiger partial charge in [0, 0.05) is 37.7 Å². The summed E-state index contributed by atoms with van der Waals surface area (Å²) in [5.74, 6) is 1.41. The summed E-state index contributed by atoms with van der Waals surface area (Å²) in [5, 5.41) is 4.12. The summed E-state index contributed by atoms with van der Waals surface area (Å²) in [5.41, 5.74) is 1.98. The first-order chi connectivity index (χ1) is 15.1. The van der Waals surface area contributed by atoms with Crippen LogP contribution in [-0.4, -0.2) is 52.0 Å². The van der Waals surface area contributed by atoms with Gasteiger partial charge in [0.2, 0.25) is 17.6 Å². The first-order valence-electron chi connectivity index (χ1n) is 10.8. The zero-order valence-electron chi connectivity index (χ0n) is 17.4. The molecule has 31 heavy (non-hydrogen) atoms. The fourth-order valence-corrected chi connectivity index (χ4v) is 4.38. The molecule has 1 aliphatic carbocycles. The topological polar surface area (TPSA) is 62.5 Å². The standard InChI is InChI=1S/C24H25FN4O2/c1-16(23-26-22(27-31-23)18-5-3-2-4-6-18)28-11-13-29(14-12-28)24(30)21-15-20(21)17-7-9-19(25)10-8-17/h2-10,16,20-21H,11-15H2,1H3. The normalized spacial score (nSPS) is 22.3. The number of rotatable bonds is 5. The number of nitrogens with zero attached hydrogens (tertiary/aromatic N) is 4. The third-order valence-corrected chi connectivity index (χ3v) is 6.41. The minimum Gasteiger partial charge on any atom is -0.340 e. The molecular weight excluding hydrogens is 395 g/mol. The van der Waals surface area contributed by atoms with Crippen molar-refractivity contribution in [2.75, 3.05) is 26.2 Å². The van der Waals surface area contributed by atoms with Crippen molar-refractivity contribution >= 4 is 5.91 Å². The van der Waals surface area contributed by atoms with Crippen LogP contribution in [0.25, 0.3) is 11.4 Å². The van der Waals surface area contributed by atoms with Crippen LogP contribution in [0.4, 0.5) is 4.39 Å². The number of halogens is 1. The van der Waals surface area contributed by atoms with E-state index in [1.165, 1.54) is 12.1 Å². The molecule has 1 amide bonds. The maximum Gasteiger partial charge on any atom is 0.244 e. The van der Waals surface area contributed by atoms with E-state index in [-0.39, 0.29) is 29.6 Å². The number of carbonyl (C=O) groups is 1. The van der Waals surface area contributed by atoms with E-state index >= 15 is 0 Å². The molecule has 6 nitrogen and oxygen atoms in total. The highest BCUT2D eigenvalue weighted by Crippen LogP contribution is 2.48. The molecule has 3 unspecified atom stereocenters. The van der Waals surface area contributed by atoms with Crippen molar-refractivity contribution in [1.82, 2.24) is 19.9 Å². The Morgan fingerprint density at radius 1 is 1.06 bits per heavy atom. The molecule has 1 saturated carbocycles. The Kier molecular flexibility index (Phi) is 5.28. The van der Waals surface area contributed by atoms with Gasteiger partial charge in [-0.1, -0.05) is 47.6 Å². The van der Waals surface area contributed by atoms with Crippen LogP contribution in [0.15, 0.2) is 59.1 Å². The highest BCUT2D eigenvalue weighted by atomic mass is 19.1. The van der Waals surface area contributed by atoms with Gasteiger partial charge in [0.1, 0.15) is 5.82 Å². The van der Waals surface area contributed by atoms with E-state index in [1.54, 1.807) is 12.1 Å². The van der Waals surface area contributed by atoms with Gasteiger partial charge in [0.25, 0.3) is 0 Å². The van der Waals surface area contributed by atoms with E-state index in [9.17, 15) is 9.18 Å². The molecule has 1 saturated heterocycles. The summed E-state index contributed by atoms with van der Waals surface area (Å²) in [4.78, 5) is 21.7. The fourth-order valence-electron chi connectivity index (χ4n) is 4.38. The van der Waals surface area contributed by atoms with E-state index in [2.05, 4.69) is 22.0 Å². The van der Waals surface area contributed by atoms with Crippen LogP contribution < -0.4 is 0 Å². The van der Waals surface area contributed by atoms with Gasteiger partial charge in [-0.3, -0.25) is 9.69 Å². The van der Waals surface area contributed by atoms with Crippen LogP contribution in [0.3, 0.4) is 0 Å². The lowest BCUT2D eigenvalue weighted by Gasteiger charge is -2.37. The zero-order chi connectivity index (χ0) is 21.4. The molecule has 0 radical (unpaired) electrons. The summed E-state index contributed by atoms with van der Waals surface area (Å²) in [7, 11) is 0. The molecule has 2 aromatic carbocycles. The largest absolute Gasteiger partial charge is 0.340 e. The highest BCUT2D eigenvalue weighted by molar-refractivity contribution is 5.83. The molecule has 0 bridgehead atoms. The average Bonchev–Trinajstić information content (AvgIpc) is 3.46. The molecule has 2 heterocycles. The Balaban J connectivity index is 1.16. The molecule has 0 spiro atoms. The van der Waals surface area contributed by atoms with Crippen molar-refractivity contribution in [1.29, 1.82) is 0 Å². The highest BCUT2D eigenvalue weighted by Gasteiger charge is 2.46. The van der Waals surface area contributed by atoms with E-state index in [4.69, 9.17) is 4.52 Å². The number of benzene rings is 2. The monoisotopic (exact) mass is 420 g/mol. The van der Waals surface area contributed by atoms with Crippen molar-refractivity contribution in [2.45, 2.75) is 25.3 Å². The van der Waals surface area contributed by atoms with E-state index < -0.39 is 0 Å². The van der Waals surface area contributed by atoms with Gasteiger partial charge in [-0.05, 0) is 37.0 Å². The molecule has 5 rings (SSSR count). The molecule has 3 aromatic rings. The maximum atomic E-state index is 13.1. The van der Waals surface area contributed by atoms with E-state index in [1.807, 2.05) is 35.2 Å². The summed E-state index contributed by atoms with van der Waals surface area (Å²) in [6, 6.07) is 16.3. The first kappa shape index (κ1) is 19.9. The van der Waals surface area contributed by atoms with Crippen LogP contribution in [0.1, 0.15) is 36.8 Å². The number of hydrogen-bond donors (Lipinski definition) is 0. The fraction of sp³-hybridized carbons (Fsp3) is 0.375. The van der Waals surface area contributed by atoms with Crippen molar-refractivity contribution < 1.29 is 13.7 Å².